The summed E-state index contributed by atoms with van der Waals surface area (Å²) in [5, 5.41) is 11.5. The molecule has 1 fully saturated rings. The van der Waals surface area contributed by atoms with Crippen LogP contribution in [-0.4, -0.2) is 49.4 Å². The van der Waals surface area contributed by atoms with E-state index in [1.54, 1.807) is 27.6 Å². The lowest BCUT2D eigenvalue weighted by atomic mass is 9.74. The third-order valence-corrected chi connectivity index (χ3v) is 5.88. The van der Waals surface area contributed by atoms with Crippen molar-refractivity contribution in [3.63, 3.8) is 0 Å². The van der Waals surface area contributed by atoms with Crippen LogP contribution in [0, 0.1) is 18.8 Å². The highest BCUT2D eigenvalue weighted by atomic mass is 16.2. The van der Waals surface area contributed by atoms with E-state index in [2.05, 4.69) is 27.4 Å². The van der Waals surface area contributed by atoms with Crippen molar-refractivity contribution < 1.29 is 9.59 Å². The molecule has 150 valence electrons. The minimum absolute atomic E-state index is 0.111. The molecule has 0 radical (unpaired) electrons. The first kappa shape index (κ1) is 18.6. The van der Waals surface area contributed by atoms with Gasteiger partial charge in [-0.25, -0.2) is 9.67 Å². The Labute approximate surface area is 164 Å². The molecule has 1 atom stereocenters. The molecule has 1 unspecified atom stereocenters. The van der Waals surface area contributed by atoms with Gasteiger partial charge in [-0.1, -0.05) is 13.3 Å². The van der Waals surface area contributed by atoms with Crippen LogP contribution in [0.1, 0.15) is 48.9 Å². The summed E-state index contributed by atoms with van der Waals surface area (Å²) < 4.78 is 3.54. The maximum absolute atomic E-state index is 12.8. The molecule has 28 heavy (non-hydrogen) atoms. The highest BCUT2D eigenvalue weighted by molar-refractivity contribution is 6.00. The molecule has 1 aliphatic heterocycles. The van der Waals surface area contributed by atoms with Crippen molar-refractivity contribution in [1.82, 2.24) is 29.9 Å². The SMILES string of the molecule is CCC1CC(Cn2cnc(C(=O)NC3CCn4nc(C)cc4N(C)C3=O)n2)C1. The molecule has 9 heteroatoms. The summed E-state index contributed by atoms with van der Waals surface area (Å²) >= 11 is 0. The summed E-state index contributed by atoms with van der Waals surface area (Å²) in [5.41, 5.74) is 0.864. The monoisotopic (exact) mass is 385 g/mol. The molecule has 3 heterocycles. The molecule has 1 N–H and O–H groups in total. The zero-order valence-electron chi connectivity index (χ0n) is 16.6. The quantitative estimate of drug-likeness (QED) is 0.839. The molecule has 4 rings (SSSR count). The number of nitrogens with zero attached hydrogens (tertiary/aromatic N) is 6. The Balaban J connectivity index is 1.37. The largest absolute Gasteiger partial charge is 0.337 e. The number of carbonyl (C=O) groups excluding carboxylic acids is 2. The Hall–Kier alpha value is -2.71. The van der Waals surface area contributed by atoms with E-state index < -0.39 is 11.9 Å². The van der Waals surface area contributed by atoms with Crippen LogP contribution in [0.15, 0.2) is 12.4 Å². The van der Waals surface area contributed by atoms with Gasteiger partial charge in [-0.2, -0.15) is 5.10 Å². The first-order chi connectivity index (χ1) is 13.4. The predicted molar refractivity (Wildman–Crippen MR) is 103 cm³/mol. The van der Waals surface area contributed by atoms with E-state index in [0.717, 1.165) is 24.0 Å². The van der Waals surface area contributed by atoms with E-state index in [1.807, 2.05) is 13.0 Å². The molecule has 2 aromatic heterocycles. The number of amides is 2. The molecule has 2 amide bonds. The summed E-state index contributed by atoms with van der Waals surface area (Å²) in [5.74, 6) is 1.72. The second-order valence-corrected chi connectivity index (χ2v) is 7.98. The van der Waals surface area contributed by atoms with Crippen molar-refractivity contribution in [2.75, 3.05) is 11.9 Å². The van der Waals surface area contributed by atoms with Crippen LogP contribution in [-0.2, 0) is 17.9 Å². The third-order valence-electron chi connectivity index (χ3n) is 5.88. The number of aromatic nitrogens is 5. The van der Waals surface area contributed by atoms with E-state index in [-0.39, 0.29) is 11.7 Å². The second kappa shape index (κ2) is 7.37. The van der Waals surface area contributed by atoms with Gasteiger partial charge in [0.05, 0.1) is 5.69 Å². The standard InChI is InChI=1S/C19H27N7O2/c1-4-13-8-14(9-13)10-25-11-20-17(23-25)18(27)21-15-5-6-26-16(7-12(2)22-26)24(3)19(15)28/h7,11,13-15H,4-6,8-10H2,1-3H3,(H,21,27). The maximum Gasteiger partial charge on any atom is 0.291 e. The number of hydrogen-bond donors (Lipinski definition) is 1. The highest BCUT2D eigenvalue weighted by Crippen LogP contribution is 2.36. The van der Waals surface area contributed by atoms with Crippen LogP contribution < -0.4 is 10.2 Å². The van der Waals surface area contributed by atoms with Crippen molar-refractivity contribution >= 4 is 17.6 Å². The van der Waals surface area contributed by atoms with E-state index in [0.29, 0.717) is 18.9 Å². The van der Waals surface area contributed by atoms with Crippen LogP contribution in [0.2, 0.25) is 0 Å². The summed E-state index contributed by atoms with van der Waals surface area (Å²) in [6.07, 6.45) is 5.74. The van der Waals surface area contributed by atoms with Gasteiger partial charge >= 0.3 is 0 Å². The molecule has 2 aromatic rings. The minimum Gasteiger partial charge on any atom is -0.337 e. The fraction of sp³-hybridized carbons (Fsp3) is 0.632. The number of carbonyl (C=O) groups is 2. The molecule has 0 saturated heterocycles. The van der Waals surface area contributed by atoms with Gasteiger partial charge in [0.1, 0.15) is 18.2 Å². The number of rotatable bonds is 5. The van der Waals surface area contributed by atoms with Gasteiger partial charge in [0.15, 0.2) is 0 Å². The third kappa shape index (κ3) is 3.53. The van der Waals surface area contributed by atoms with Crippen LogP contribution in [0.4, 0.5) is 5.82 Å². The number of hydrogen-bond acceptors (Lipinski definition) is 5. The van der Waals surface area contributed by atoms with E-state index >= 15 is 0 Å². The molecule has 2 aliphatic rings. The zero-order valence-corrected chi connectivity index (χ0v) is 16.6. The van der Waals surface area contributed by atoms with Gasteiger partial charge in [0.25, 0.3) is 11.8 Å². The lowest BCUT2D eigenvalue weighted by Crippen LogP contribution is -2.47. The fourth-order valence-electron chi connectivity index (χ4n) is 4.15. The molecule has 0 bridgehead atoms. The second-order valence-electron chi connectivity index (χ2n) is 7.98. The number of fused-ring (bicyclic) bond motifs is 1. The fourth-order valence-corrected chi connectivity index (χ4v) is 4.15. The van der Waals surface area contributed by atoms with E-state index in [9.17, 15) is 9.59 Å². The molecule has 1 aliphatic carbocycles. The molecular formula is C19H27N7O2. The van der Waals surface area contributed by atoms with E-state index in [4.69, 9.17) is 0 Å². The first-order valence-electron chi connectivity index (χ1n) is 9.97. The number of anilines is 1. The average molecular weight is 385 g/mol. The van der Waals surface area contributed by atoms with E-state index in [1.165, 1.54) is 19.3 Å². The van der Waals surface area contributed by atoms with Crippen molar-refractivity contribution in [3.8, 4) is 0 Å². The Kier molecular flexibility index (Phi) is 4.91. The van der Waals surface area contributed by atoms with Gasteiger partial charge in [-0.05, 0) is 38.0 Å². The number of nitrogens with one attached hydrogen (secondary N) is 1. The smallest absolute Gasteiger partial charge is 0.291 e. The van der Waals surface area contributed by atoms with Crippen LogP contribution in [0.5, 0.6) is 0 Å². The highest BCUT2D eigenvalue weighted by Gasteiger charge is 2.32. The molecule has 9 nitrogen and oxygen atoms in total. The van der Waals surface area contributed by atoms with Gasteiger partial charge in [0.2, 0.25) is 5.82 Å². The normalized spacial score (nSPS) is 24.5. The first-order valence-corrected chi connectivity index (χ1v) is 9.97. The summed E-state index contributed by atoms with van der Waals surface area (Å²) in [7, 11) is 1.70. The molecule has 0 aromatic carbocycles. The minimum atomic E-state index is -0.622. The van der Waals surface area contributed by atoms with Crippen molar-refractivity contribution in [2.45, 2.75) is 58.7 Å². The summed E-state index contributed by atoms with van der Waals surface area (Å²) in [6, 6.07) is 1.25. The molecule has 0 spiro atoms. The topological polar surface area (TPSA) is 97.9 Å². The Morgan fingerprint density at radius 1 is 1.29 bits per heavy atom. The van der Waals surface area contributed by atoms with Gasteiger partial charge in [0, 0.05) is 26.2 Å². The summed E-state index contributed by atoms with van der Waals surface area (Å²) in [6.45, 7) is 5.47. The molecular weight excluding hydrogens is 358 g/mol. The lowest BCUT2D eigenvalue weighted by molar-refractivity contribution is -0.120. The van der Waals surface area contributed by atoms with Crippen molar-refractivity contribution in [1.29, 1.82) is 0 Å². The maximum atomic E-state index is 12.8. The van der Waals surface area contributed by atoms with Gasteiger partial charge < -0.3 is 5.32 Å². The zero-order chi connectivity index (χ0) is 19.8. The van der Waals surface area contributed by atoms with Gasteiger partial charge in [-0.15, -0.1) is 5.10 Å². The van der Waals surface area contributed by atoms with Crippen LogP contribution >= 0.6 is 0 Å². The number of aryl methyl sites for hydroxylation is 2. The average Bonchev–Trinajstić information content (AvgIpc) is 3.24. The molecule has 1 saturated carbocycles. The van der Waals surface area contributed by atoms with Crippen LogP contribution in [0.25, 0.3) is 0 Å². The Bertz CT molecular complexity index is 881. The Morgan fingerprint density at radius 3 is 2.82 bits per heavy atom. The lowest BCUT2D eigenvalue weighted by Gasteiger charge is -2.34. The predicted octanol–water partition coefficient (Wildman–Crippen LogP) is 1.38. The van der Waals surface area contributed by atoms with Crippen molar-refractivity contribution in [2.24, 2.45) is 11.8 Å². The van der Waals surface area contributed by atoms with Crippen LogP contribution in [0.3, 0.4) is 0 Å². The number of likely N-dealkylation sites (N-methyl/N-ethyl adjacent to an activating group) is 1. The summed E-state index contributed by atoms with van der Waals surface area (Å²) in [4.78, 5) is 31.0. The Morgan fingerprint density at radius 2 is 2.07 bits per heavy atom. The van der Waals surface area contributed by atoms with Crippen molar-refractivity contribution in [3.05, 3.63) is 23.9 Å². The van der Waals surface area contributed by atoms with Gasteiger partial charge in [-0.3, -0.25) is 19.2 Å².